The zero-order valence-corrected chi connectivity index (χ0v) is 57.9. The van der Waals surface area contributed by atoms with Gasteiger partial charge in [-0.15, -0.1) is 0 Å². The number of carbonyl (C=O) groups excluding carboxylic acids is 2. The molecule has 0 saturated heterocycles. The minimum absolute atomic E-state index is 0.00495. The number of nitrogens with zero attached hydrogens (tertiary/aromatic N) is 2. The van der Waals surface area contributed by atoms with Gasteiger partial charge in [-0.2, -0.15) is 29.8 Å². The molecule has 2 amide bonds. The summed E-state index contributed by atoms with van der Waals surface area (Å²) >= 11 is 0. The standard InChI is InChI=1S/C61H71F4N5O22S6/c1-60(2)43-35-41(97(85,86)87)18-20-46(43)69(27-5-7-31-94(77,78)79)48(60)22-14-38-10-9-11-39(15-23-49-61(3,4)44-36-42(98(88,89)90)19-21-47(44)70(49)28-6-8-32-95(80,81)82)56(38)92-40-16-12-37(13-17-40)34-45(59(73)74)68-51(72)24-29-91-30-26-67-50(71)25-33-93(75,76)57-52(62)54(64)58(96(66,83)84)55(65)53(57)63/h12-23,35-36,45H,5-11,24-34H2,1-4H3,(H8-,66,67,68,71,72,73,74,77,78,79,80,81,82,83,84,85,86,87,88,89,90)/t45-/m0/s1. The van der Waals surface area contributed by atoms with Crippen molar-refractivity contribution in [2.45, 2.75) is 128 Å². The van der Waals surface area contributed by atoms with E-state index >= 15 is 0 Å². The van der Waals surface area contributed by atoms with Gasteiger partial charge in [0.15, 0.2) is 43.7 Å². The molecule has 8 N–H and O–H groups in total. The molecule has 536 valence electrons. The van der Waals surface area contributed by atoms with Gasteiger partial charge in [-0.1, -0.05) is 32.1 Å². The Morgan fingerprint density at radius 3 is 1.90 bits per heavy atom. The molecule has 4 aromatic rings. The third kappa shape index (κ3) is 19.4. The van der Waals surface area contributed by atoms with E-state index < -0.39 is 158 Å². The highest BCUT2D eigenvalue weighted by atomic mass is 32.2. The average molecular weight is 1490 g/mol. The second kappa shape index (κ2) is 30.7. The number of hydrogen-bond acceptors (Lipinski definition) is 19. The highest BCUT2D eigenvalue weighted by Gasteiger charge is 2.46. The number of sulfone groups is 1. The van der Waals surface area contributed by atoms with Crippen LogP contribution in [0, 0.1) is 23.3 Å². The number of sulfonamides is 1. The zero-order chi connectivity index (χ0) is 72.9. The summed E-state index contributed by atoms with van der Waals surface area (Å²) in [5, 5.41) is 19.4. The number of unbranched alkanes of at least 4 members (excludes halogenated alkanes) is 2. The summed E-state index contributed by atoms with van der Waals surface area (Å²) in [7, 11) is -28.9. The Labute approximate surface area is 564 Å². The molecule has 4 aromatic carbocycles. The maximum absolute atomic E-state index is 14.6. The Balaban J connectivity index is 1.11. The Morgan fingerprint density at radius 1 is 0.704 bits per heavy atom. The van der Waals surface area contributed by atoms with Crippen LogP contribution in [0.3, 0.4) is 0 Å². The Morgan fingerprint density at radius 2 is 1.31 bits per heavy atom. The van der Waals surface area contributed by atoms with Crippen LogP contribution in [0.15, 0.2) is 127 Å². The number of benzene rings is 4. The molecule has 98 heavy (non-hydrogen) atoms. The third-order valence-electron chi connectivity index (χ3n) is 16.4. The summed E-state index contributed by atoms with van der Waals surface area (Å²) < 4.78 is 257. The number of allylic oxidation sites excluding steroid dienone is 7. The predicted molar refractivity (Wildman–Crippen MR) is 344 cm³/mol. The average Bonchev–Trinajstić information content (AvgIpc) is 1.48. The van der Waals surface area contributed by atoms with Crippen molar-refractivity contribution in [2.24, 2.45) is 5.14 Å². The lowest BCUT2D eigenvalue weighted by molar-refractivity contribution is -0.438. The van der Waals surface area contributed by atoms with E-state index in [0.29, 0.717) is 75.6 Å². The molecule has 0 spiro atoms. The topological polar surface area (TPSA) is 435 Å². The largest absolute Gasteiger partial charge is 0.748 e. The molecule has 27 nitrogen and oxygen atoms in total. The van der Waals surface area contributed by atoms with Crippen molar-refractivity contribution in [1.82, 2.24) is 10.6 Å². The molecule has 2 aliphatic heterocycles. The summed E-state index contributed by atoms with van der Waals surface area (Å²) in [5.41, 5.74) is 3.14. The minimum atomic E-state index is -5.38. The van der Waals surface area contributed by atoms with E-state index in [1.807, 2.05) is 49.3 Å². The van der Waals surface area contributed by atoms with E-state index in [1.54, 1.807) is 36.4 Å². The van der Waals surface area contributed by atoms with Crippen molar-refractivity contribution in [2.75, 3.05) is 55.0 Å². The first-order valence-electron chi connectivity index (χ1n) is 30.0. The van der Waals surface area contributed by atoms with Crippen LogP contribution in [-0.4, -0.2) is 158 Å². The number of primary sulfonamides is 1. The van der Waals surface area contributed by atoms with Gasteiger partial charge in [0.2, 0.25) is 27.5 Å². The number of rotatable bonds is 32. The maximum Gasteiger partial charge on any atom is 0.326 e. The number of aliphatic carboxylic acids is 1. The van der Waals surface area contributed by atoms with Gasteiger partial charge >= 0.3 is 5.97 Å². The molecule has 0 aromatic heterocycles. The van der Waals surface area contributed by atoms with E-state index in [0.717, 1.165) is 0 Å². The number of halogens is 4. The lowest BCUT2D eigenvalue weighted by atomic mass is 9.81. The monoisotopic (exact) mass is 1490 g/mol. The minimum Gasteiger partial charge on any atom is -0.748 e. The Kier molecular flexibility index (Phi) is 24.4. The number of carboxylic acids is 1. The zero-order valence-electron chi connectivity index (χ0n) is 53.0. The molecule has 1 aliphatic carbocycles. The molecule has 7 rings (SSSR count). The number of ether oxygens (including phenoxy) is 2. The van der Waals surface area contributed by atoms with Crippen molar-refractivity contribution in [1.29, 1.82) is 0 Å². The summed E-state index contributed by atoms with van der Waals surface area (Å²) in [6.45, 7) is 6.76. The summed E-state index contributed by atoms with van der Waals surface area (Å²) in [6.07, 6.45) is 7.51. The van der Waals surface area contributed by atoms with Gasteiger partial charge in [0.05, 0.1) is 50.0 Å². The first kappa shape index (κ1) is 78.0. The number of nitrogens with one attached hydrogen (secondary N) is 2. The van der Waals surface area contributed by atoms with Gasteiger partial charge in [-0.3, -0.25) is 23.2 Å². The van der Waals surface area contributed by atoms with Gasteiger partial charge in [0, 0.05) is 79.0 Å². The Hall–Kier alpha value is -7.30. The number of hydrogen-bond donors (Lipinski definition) is 7. The second-order valence-corrected chi connectivity index (χ2v) is 33.6. The van der Waals surface area contributed by atoms with E-state index in [2.05, 4.69) is 15.8 Å². The van der Waals surface area contributed by atoms with Gasteiger partial charge < -0.3 is 34.7 Å². The number of carbonyl (C=O) groups is 3. The predicted octanol–water partition coefficient (Wildman–Crippen LogP) is 5.93. The molecule has 2 heterocycles. The molecule has 0 unspecified atom stereocenters. The van der Waals surface area contributed by atoms with Crippen molar-refractivity contribution >= 4 is 95.2 Å². The van der Waals surface area contributed by atoms with Crippen LogP contribution in [0.4, 0.5) is 28.9 Å². The van der Waals surface area contributed by atoms with Crippen molar-refractivity contribution in [3.8, 4) is 5.75 Å². The summed E-state index contributed by atoms with van der Waals surface area (Å²) in [6, 6.07) is 12.9. The molecular weight excluding hydrogens is 1420 g/mol. The van der Waals surface area contributed by atoms with Crippen LogP contribution < -0.4 is 25.4 Å². The molecule has 37 heteroatoms. The van der Waals surface area contributed by atoms with E-state index in [9.17, 15) is 106 Å². The lowest BCUT2D eigenvalue weighted by Crippen LogP contribution is -2.42. The fraction of sp³-hybridized carbons (Fsp3) is 0.410. The first-order chi connectivity index (χ1) is 45.3. The highest BCUT2D eigenvalue weighted by molar-refractivity contribution is 7.91. The molecule has 1 atom stereocenters. The number of fused-ring (bicyclic) bond motifs is 2. The number of carboxylic acid groups (broad SMARTS) is 1. The second-order valence-electron chi connectivity index (χ2n) is 24.1. The fourth-order valence-corrected chi connectivity index (χ4v) is 15.7. The van der Waals surface area contributed by atoms with Crippen molar-refractivity contribution < 1.29 is 120 Å². The van der Waals surface area contributed by atoms with Crippen LogP contribution in [-0.2, 0) is 96.7 Å². The third-order valence-corrected chi connectivity index (χ3v) is 22.3. The summed E-state index contributed by atoms with van der Waals surface area (Å²) in [5.74, 6) is -15.5. The van der Waals surface area contributed by atoms with Crippen molar-refractivity contribution in [3.05, 3.63) is 148 Å². The van der Waals surface area contributed by atoms with Gasteiger partial charge in [-0.05, 0) is 129 Å². The molecule has 0 saturated carbocycles. The highest BCUT2D eigenvalue weighted by Crippen LogP contribution is 2.49. The van der Waals surface area contributed by atoms with Crippen LogP contribution in [0.25, 0.3) is 0 Å². The molecule has 0 radical (unpaired) electrons. The molecular formula is C61H71F4N5O22S6. The lowest BCUT2D eigenvalue weighted by Gasteiger charge is -2.28. The van der Waals surface area contributed by atoms with E-state index in [4.69, 9.17) is 9.47 Å². The van der Waals surface area contributed by atoms with Crippen LogP contribution >= 0.6 is 0 Å². The van der Waals surface area contributed by atoms with Crippen LogP contribution in [0.5, 0.6) is 5.75 Å². The van der Waals surface area contributed by atoms with Gasteiger partial charge in [0.1, 0.15) is 29.0 Å². The number of anilines is 1. The smallest absolute Gasteiger partial charge is 0.326 e. The quantitative estimate of drug-likeness (QED) is 0.00978. The van der Waals surface area contributed by atoms with Crippen LogP contribution in [0.2, 0.25) is 0 Å². The summed E-state index contributed by atoms with van der Waals surface area (Å²) in [4.78, 5) is 34.6. The van der Waals surface area contributed by atoms with Gasteiger partial charge in [-0.25, -0.2) is 52.7 Å². The van der Waals surface area contributed by atoms with Crippen molar-refractivity contribution in [3.63, 3.8) is 0 Å². The van der Waals surface area contributed by atoms with Crippen LogP contribution in [0.1, 0.15) is 102 Å². The number of amides is 2. The van der Waals surface area contributed by atoms with Gasteiger partial charge in [0.25, 0.3) is 30.4 Å². The Bertz CT molecular complexity index is 4680. The number of nitrogens with two attached hydrogens (primary N) is 1. The molecule has 0 bridgehead atoms. The fourth-order valence-electron chi connectivity index (χ4n) is 11.5. The molecule has 0 fully saturated rings. The van der Waals surface area contributed by atoms with E-state index in [-0.39, 0.29) is 80.5 Å². The SMILES string of the molecule is CC1(C)C(/C=C/C2=C(Oc3ccc(C[C@H](NC(=O)CCOCCNC(=O)CCS(=O)(=O)c4c(F)c(F)c(S(N)(=O)=O)c(F)c4F)C(=O)O)cc3)C(=C/C=C3/N(CCCCS(=O)(=O)[O-])c4ccc(S(=O)(=O)O)cc4C3(C)C)/CCC2)=[N+](CCCCS(=O)(=O)O)c2ccc(S(=O)(=O)O)cc21. The maximum atomic E-state index is 14.6. The van der Waals surface area contributed by atoms with E-state index in [1.165, 1.54) is 36.4 Å². The molecule has 3 aliphatic rings. The normalized spacial score (nSPS) is 17.0. The first-order valence-corrected chi connectivity index (χ1v) is 39.2.